The predicted molar refractivity (Wildman–Crippen MR) is 108 cm³/mol. The fraction of sp³-hybridized carbons (Fsp3) is 0.636. The second-order valence-corrected chi connectivity index (χ2v) is 10.4. The minimum absolute atomic E-state index is 0.169. The van der Waals surface area contributed by atoms with Crippen molar-refractivity contribution in [3.8, 4) is 0 Å². The Kier molecular flexibility index (Phi) is 4.53. The maximum atomic E-state index is 14.1. The van der Waals surface area contributed by atoms with Crippen LogP contribution in [0.3, 0.4) is 0 Å². The Balaban J connectivity index is 1.34. The van der Waals surface area contributed by atoms with Crippen LogP contribution < -0.4 is 5.32 Å². The van der Waals surface area contributed by atoms with Gasteiger partial charge in [-0.05, 0) is 87.3 Å². The predicted octanol–water partition coefficient (Wildman–Crippen LogP) is 4.73. The molecule has 1 aromatic rings. The average molecular weight is 449 g/mol. The number of hydrogen-bond acceptors (Lipinski definition) is 2. The van der Waals surface area contributed by atoms with Crippen molar-refractivity contribution in [1.29, 1.82) is 0 Å². The number of likely N-dealkylation sites (tertiary alicyclic amines) is 1. The number of amides is 2. The number of halogens is 2. The van der Waals surface area contributed by atoms with Crippen LogP contribution in [0.1, 0.15) is 51.4 Å². The largest absolute Gasteiger partial charge is 0.330 e. The van der Waals surface area contributed by atoms with E-state index in [9.17, 15) is 14.0 Å². The first kappa shape index (κ1) is 18.6. The molecule has 2 amide bonds. The molecule has 5 aliphatic rings. The van der Waals surface area contributed by atoms with E-state index in [1.807, 2.05) is 4.90 Å². The Morgan fingerprint density at radius 3 is 2.36 bits per heavy atom. The van der Waals surface area contributed by atoms with Gasteiger partial charge in [0.25, 0.3) is 0 Å². The zero-order valence-corrected chi connectivity index (χ0v) is 17.5. The molecule has 0 spiro atoms. The molecule has 0 aromatic heterocycles. The highest BCUT2D eigenvalue weighted by atomic mass is 79.9. The lowest BCUT2D eigenvalue weighted by Crippen LogP contribution is -2.56. The summed E-state index contributed by atoms with van der Waals surface area (Å²) in [4.78, 5) is 28.4. The Labute approximate surface area is 173 Å². The number of nitrogens with one attached hydrogen (secondary N) is 1. The molecule has 1 N–H and O–H groups in total. The van der Waals surface area contributed by atoms with Gasteiger partial charge in [-0.25, -0.2) is 4.39 Å². The first-order valence-corrected chi connectivity index (χ1v) is 11.3. The van der Waals surface area contributed by atoms with Crippen LogP contribution in [0.25, 0.3) is 0 Å². The van der Waals surface area contributed by atoms with Crippen molar-refractivity contribution in [2.24, 2.45) is 23.2 Å². The Morgan fingerprint density at radius 2 is 1.75 bits per heavy atom. The molecular formula is C22H26BrFN2O2. The Morgan fingerprint density at radius 1 is 1.11 bits per heavy atom. The summed E-state index contributed by atoms with van der Waals surface area (Å²) in [5, 5.41) is 2.71. The number of carbonyl (C=O) groups is 2. The van der Waals surface area contributed by atoms with Crippen LogP contribution in [0, 0.1) is 29.0 Å². The number of benzene rings is 1. The maximum absolute atomic E-state index is 14.1. The van der Waals surface area contributed by atoms with E-state index in [-0.39, 0.29) is 22.9 Å². The molecule has 1 heterocycles. The molecule has 4 bridgehead atoms. The number of carbonyl (C=O) groups excluding carboxylic acids is 2. The molecule has 1 atom stereocenters. The number of nitrogens with zero attached hydrogens (tertiary/aromatic N) is 1. The van der Waals surface area contributed by atoms with Crippen molar-refractivity contribution in [1.82, 2.24) is 4.90 Å². The average Bonchev–Trinajstić information content (AvgIpc) is 3.12. The molecule has 6 heteroatoms. The summed E-state index contributed by atoms with van der Waals surface area (Å²) in [5.74, 6) is 1.54. The minimum atomic E-state index is -0.483. The summed E-state index contributed by atoms with van der Waals surface area (Å²) in [6.45, 7) is 0.640. The second kappa shape index (κ2) is 6.82. The van der Waals surface area contributed by atoms with Crippen LogP contribution >= 0.6 is 15.9 Å². The summed E-state index contributed by atoms with van der Waals surface area (Å²) in [5.41, 5.74) is -0.0668. The normalized spacial score (nSPS) is 36.0. The van der Waals surface area contributed by atoms with E-state index in [0.29, 0.717) is 35.2 Å². The molecule has 1 aliphatic heterocycles. The van der Waals surface area contributed by atoms with E-state index < -0.39 is 11.9 Å². The molecular weight excluding hydrogens is 423 g/mol. The van der Waals surface area contributed by atoms with Crippen molar-refractivity contribution in [2.75, 3.05) is 11.9 Å². The van der Waals surface area contributed by atoms with Gasteiger partial charge in [0.15, 0.2) is 0 Å². The van der Waals surface area contributed by atoms with Gasteiger partial charge in [0.1, 0.15) is 11.9 Å². The van der Waals surface area contributed by atoms with Crippen molar-refractivity contribution in [2.45, 2.75) is 57.4 Å². The summed E-state index contributed by atoms with van der Waals surface area (Å²) in [7, 11) is 0. The zero-order chi connectivity index (χ0) is 19.5. The minimum Gasteiger partial charge on any atom is -0.330 e. The monoisotopic (exact) mass is 448 g/mol. The lowest BCUT2D eigenvalue weighted by molar-refractivity contribution is -0.160. The molecule has 6 rings (SSSR count). The molecule has 28 heavy (non-hydrogen) atoms. The van der Waals surface area contributed by atoms with Gasteiger partial charge in [-0.2, -0.15) is 0 Å². The van der Waals surface area contributed by atoms with Gasteiger partial charge in [0, 0.05) is 11.0 Å². The lowest BCUT2D eigenvalue weighted by atomic mass is 9.49. The maximum Gasteiger partial charge on any atom is 0.247 e. The van der Waals surface area contributed by atoms with Crippen LogP contribution in [0.15, 0.2) is 22.7 Å². The van der Waals surface area contributed by atoms with Crippen LogP contribution in [0.5, 0.6) is 0 Å². The standard InChI is InChI=1S/C22H26BrFN2O2/c23-16-3-4-18(17(24)9-16)25-20(27)19-2-1-5-26(19)21(28)22-10-13-6-14(11-22)8-15(7-13)12-22/h3-4,9,13-15,19H,1-2,5-8,10-12H2,(H,25,27)/t13?,14?,15?,19-,22?/m1/s1. The zero-order valence-electron chi connectivity index (χ0n) is 15.9. The van der Waals surface area contributed by atoms with Crippen LogP contribution in [0.4, 0.5) is 10.1 Å². The van der Waals surface area contributed by atoms with Gasteiger partial charge < -0.3 is 10.2 Å². The van der Waals surface area contributed by atoms with Gasteiger partial charge in [0.2, 0.25) is 11.8 Å². The fourth-order valence-electron chi connectivity index (χ4n) is 6.77. The fourth-order valence-corrected chi connectivity index (χ4v) is 7.10. The highest BCUT2D eigenvalue weighted by molar-refractivity contribution is 9.10. The molecule has 1 saturated heterocycles. The number of hydrogen-bond donors (Lipinski definition) is 1. The highest BCUT2D eigenvalue weighted by Gasteiger charge is 2.56. The number of anilines is 1. The quantitative estimate of drug-likeness (QED) is 0.725. The molecule has 0 unspecified atom stereocenters. The molecule has 1 aromatic carbocycles. The van der Waals surface area contributed by atoms with Gasteiger partial charge >= 0.3 is 0 Å². The summed E-state index contributed by atoms with van der Waals surface area (Å²) in [6, 6.07) is 4.11. The van der Waals surface area contributed by atoms with Crippen LogP contribution in [0.2, 0.25) is 0 Å². The smallest absolute Gasteiger partial charge is 0.247 e. The van der Waals surface area contributed by atoms with Gasteiger partial charge in [-0.3, -0.25) is 9.59 Å². The third kappa shape index (κ3) is 3.08. The molecule has 0 radical (unpaired) electrons. The molecule has 4 saturated carbocycles. The van der Waals surface area contributed by atoms with Gasteiger partial charge in [-0.1, -0.05) is 15.9 Å². The van der Waals surface area contributed by atoms with Crippen molar-refractivity contribution >= 4 is 33.4 Å². The highest BCUT2D eigenvalue weighted by Crippen LogP contribution is 2.60. The van der Waals surface area contributed by atoms with Gasteiger partial charge in [0.05, 0.1) is 11.1 Å². The van der Waals surface area contributed by atoms with E-state index in [1.165, 1.54) is 25.3 Å². The van der Waals surface area contributed by atoms with Crippen LogP contribution in [-0.4, -0.2) is 29.3 Å². The first-order chi connectivity index (χ1) is 13.4. The summed E-state index contributed by atoms with van der Waals surface area (Å²) in [6.07, 6.45) is 8.37. The third-order valence-electron chi connectivity index (χ3n) is 7.50. The molecule has 150 valence electrons. The Hall–Kier alpha value is -1.43. The van der Waals surface area contributed by atoms with Crippen molar-refractivity contribution in [3.05, 3.63) is 28.5 Å². The second-order valence-electron chi connectivity index (χ2n) is 9.47. The van der Waals surface area contributed by atoms with E-state index in [1.54, 1.807) is 12.1 Å². The summed E-state index contributed by atoms with van der Waals surface area (Å²) >= 11 is 3.23. The van der Waals surface area contributed by atoms with Crippen molar-refractivity contribution < 1.29 is 14.0 Å². The molecule has 4 aliphatic carbocycles. The first-order valence-electron chi connectivity index (χ1n) is 10.5. The molecule has 4 nitrogen and oxygen atoms in total. The lowest BCUT2D eigenvalue weighted by Gasteiger charge is -2.56. The summed E-state index contributed by atoms with van der Waals surface area (Å²) < 4.78 is 14.8. The van der Waals surface area contributed by atoms with Gasteiger partial charge in [-0.15, -0.1) is 0 Å². The number of rotatable bonds is 3. The van der Waals surface area contributed by atoms with Crippen LogP contribution in [-0.2, 0) is 9.59 Å². The van der Waals surface area contributed by atoms with Crippen molar-refractivity contribution in [3.63, 3.8) is 0 Å². The molecule has 5 fully saturated rings. The van der Waals surface area contributed by atoms with E-state index in [0.717, 1.165) is 25.7 Å². The topological polar surface area (TPSA) is 49.4 Å². The third-order valence-corrected chi connectivity index (χ3v) is 7.99. The SMILES string of the molecule is O=C(Nc1ccc(Br)cc1F)[C@H]1CCCN1C(=O)C12CC3CC(CC(C3)C1)C2. The van der Waals surface area contributed by atoms with E-state index in [4.69, 9.17) is 0 Å². The van der Waals surface area contributed by atoms with E-state index >= 15 is 0 Å². The Bertz CT molecular complexity index is 791. The van der Waals surface area contributed by atoms with E-state index in [2.05, 4.69) is 21.2 Å².